The first-order valence-electron chi connectivity index (χ1n) is 10.0. The Morgan fingerprint density at radius 3 is 2.52 bits per heavy atom. The zero-order chi connectivity index (χ0) is 22.9. The maximum Gasteiger partial charge on any atom is 0.325 e. The first-order valence-corrected chi connectivity index (χ1v) is 11.4. The van der Waals surface area contributed by atoms with Crippen molar-refractivity contribution in [3.8, 4) is 5.75 Å². The van der Waals surface area contributed by atoms with Crippen molar-refractivity contribution in [2.45, 2.75) is 18.2 Å². The van der Waals surface area contributed by atoms with Crippen LogP contribution in [0, 0.1) is 0 Å². The van der Waals surface area contributed by atoms with Gasteiger partial charge in [0.1, 0.15) is 17.2 Å². The fourth-order valence-corrected chi connectivity index (χ4v) is 4.71. The summed E-state index contributed by atoms with van der Waals surface area (Å²) in [5, 5.41) is 0. The molecule has 0 radical (unpaired) electrons. The summed E-state index contributed by atoms with van der Waals surface area (Å²) in [6, 6.07) is 4.61. The van der Waals surface area contributed by atoms with Crippen LogP contribution in [0.3, 0.4) is 0 Å². The maximum absolute atomic E-state index is 13.1. The van der Waals surface area contributed by atoms with Crippen molar-refractivity contribution in [3.63, 3.8) is 0 Å². The monoisotopic (exact) mass is 458 g/mol. The molecule has 0 aromatic heterocycles. The van der Waals surface area contributed by atoms with Gasteiger partial charge in [0.2, 0.25) is 15.9 Å². The second-order valence-electron chi connectivity index (χ2n) is 6.79. The highest BCUT2D eigenvalue weighted by Crippen LogP contribution is 2.28. The minimum absolute atomic E-state index is 0.00367. The number of rotatable bonds is 11. The molecule has 174 valence electrons. The molecule has 0 atom stereocenters. The van der Waals surface area contributed by atoms with E-state index in [1.807, 2.05) is 0 Å². The van der Waals surface area contributed by atoms with Crippen LogP contribution in [0.4, 0.5) is 0 Å². The lowest BCUT2D eigenvalue weighted by atomic mass is 10.1. The van der Waals surface area contributed by atoms with E-state index in [0.29, 0.717) is 18.8 Å². The van der Waals surface area contributed by atoms with E-state index in [1.165, 1.54) is 35.6 Å². The Morgan fingerprint density at radius 2 is 1.90 bits per heavy atom. The summed E-state index contributed by atoms with van der Waals surface area (Å²) in [6.07, 6.45) is -0.0846. The number of carbonyl (C=O) groups excluding carboxylic acids is 2. The molecule has 1 aromatic carbocycles. The van der Waals surface area contributed by atoms with Crippen LogP contribution in [0.1, 0.15) is 12.5 Å². The summed E-state index contributed by atoms with van der Waals surface area (Å²) >= 11 is 0. The van der Waals surface area contributed by atoms with E-state index in [2.05, 4.69) is 0 Å². The van der Waals surface area contributed by atoms with Crippen LogP contribution in [0.2, 0.25) is 0 Å². The summed E-state index contributed by atoms with van der Waals surface area (Å²) in [4.78, 5) is 26.0. The third-order valence-corrected chi connectivity index (χ3v) is 6.63. The number of methoxy groups -OCH3 is 2. The maximum atomic E-state index is 13.1. The lowest BCUT2D eigenvalue weighted by molar-refractivity contribution is -0.149. The van der Waals surface area contributed by atoms with E-state index in [4.69, 9.17) is 18.9 Å². The smallest absolute Gasteiger partial charge is 0.325 e. The highest BCUT2D eigenvalue weighted by molar-refractivity contribution is 7.89. The van der Waals surface area contributed by atoms with Gasteiger partial charge in [-0.15, -0.1) is 0 Å². The molecule has 0 aliphatic carbocycles. The molecule has 10 nitrogen and oxygen atoms in total. The third-order valence-electron chi connectivity index (χ3n) is 4.71. The van der Waals surface area contributed by atoms with Crippen molar-refractivity contribution < 1.29 is 37.0 Å². The summed E-state index contributed by atoms with van der Waals surface area (Å²) < 4.78 is 48.0. The van der Waals surface area contributed by atoms with Gasteiger partial charge < -0.3 is 23.8 Å². The van der Waals surface area contributed by atoms with Crippen molar-refractivity contribution in [2.75, 3.05) is 66.8 Å². The molecule has 11 heteroatoms. The van der Waals surface area contributed by atoms with Crippen molar-refractivity contribution in [3.05, 3.63) is 23.8 Å². The number of carbonyl (C=O) groups is 2. The van der Waals surface area contributed by atoms with Gasteiger partial charge in [-0.3, -0.25) is 9.59 Å². The van der Waals surface area contributed by atoms with Crippen LogP contribution in [0.5, 0.6) is 5.75 Å². The summed E-state index contributed by atoms with van der Waals surface area (Å²) in [7, 11) is -0.922. The predicted octanol–water partition coefficient (Wildman–Crippen LogP) is 0.297. The van der Waals surface area contributed by atoms with E-state index in [1.54, 1.807) is 13.0 Å². The van der Waals surface area contributed by atoms with Crippen LogP contribution in [0.25, 0.3) is 0 Å². The van der Waals surface area contributed by atoms with Gasteiger partial charge in [0.15, 0.2) is 0 Å². The molecular weight excluding hydrogens is 428 g/mol. The number of ether oxygens (including phenoxy) is 4. The van der Waals surface area contributed by atoms with Gasteiger partial charge in [-0.1, -0.05) is 6.07 Å². The third kappa shape index (κ3) is 6.89. The van der Waals surface area contributed by atoms with E-state index >= 15 is 0 Å². The summed E-state index contributed by atoms with van der Waals surface area (Å²) in [6.45, 7) is 3.31. The molecular formula is C20H30N2O8S. The van der Waals surface area contributed by atoms with E-state index in [-0.39, 0.29) is 62.4 Å². The van der Waals surface area contributed by atoms with Gasteiger partial charge in [-0.05, 0) is 24.6 Å². The zero-order valence-electron chi connectivity index (χ0n) is 18.2. The number of esters is 1. The number of benzene rings is 1. The minimum atomic E-state index is -3.81. The molecule has 1 amide bonds. The molecule has 1 aliphatic heterocycles. The number of sulfonamides is 1. The van der Waals surface area contributed by atoms with Crippen molar-refractivity contribution in [1.82, 2.24) is 9.21 Å². The van der Waals surface area contributed by atoms with Crippen LogP contribution in [-0.2, 0) is 40.2 Å². The average Bonchev–Trinajstić information content (AvgIpc) is 2.77. The van der Waals surface area contributed by atoms with Crippen molar-refractivity contribution in [2.24, 2.45) is 0 Å². The van der Waals surface area contributed by atoms with Crippen LogP contribution < -0.4 is 4.74 Å². The van der Waals surface area contributed by atoms with Gasteiger partial charge in [0.25, 0.3) is 0 Å². The first kappa shape index (κ1) is 25.1. The second kappa shape index (κ2) is 12.0. The topological polar surface area (TPSA) is 112 Å². The fraction of sp³-hybridized carbons (Fsp3) is 0.600. The Morgan fingerprint density at radius 1 is 1.19 bits per heavy atom. The Hall–Kier alpha value is -2.21. The molecule has 0 spiro atoms. The quantitative estimate of drug-likeness (QED) is 0.435. The number of nitrogens with zero attached hydrogens (tertiary/aromatic N) is 2. The zero-order valence-corrected chi connectivity index (χ0v) is 19.0. The number of hydrogen-bond donors (Lipinski definition) is 0. The molecule has 0 saturated carbocycles. The molecule has 1 aliphatic rings. The molecule has 1 aromatic rings. The highest BCUT2D eigenvalue weighted by Gasteiger charge is 2.30. The molecule has 1 saturated heterocycles. The number of hydrogen-bond acceptors (Lipinski definition) is 8. The Labute approximate surface area is 183 Å². The molecule has 0 bridgehead atoms. The first-order chi connectivity index (χ1) is 14.8. The van der Waals surface area contributed by atoms with Crippen LogP contribution >= 0.6 is 0 Å². The molecule has 1 fully saturated rings. The van der Waals surface area contributed by atoms with Crippen LogP contribution in [0.15, 0.2) is 23.1 Å². The molecule has 31 heavy (non-hydrogen) atoms. The van der Waals surface area contributed by atoms with Gasteiger partial charge >= 0.3 is 5.97 Å². The molecule has 0 unspecified atom stereocenters. The molecule has 2 rings (SSSR count). The van der Waals surface area contributed by atoms with E-state index in [9.17, 15) is 18.0 Å². The highest BCUT2D eigenvalue weighted by atomic mass is 32.2. The van der Waals surface area contributed by atoms with E-state index < -0.39 is 16.0 Å². The SMILES string of the molecule is CCOC(=O)CN(CCOC)C(=O)Cc1ccc(OC)c(S(=O)(=O)N2CCOCC2)c1. The van der Waals surface area contributed by atoms with Gasteiger partial charge in [-0.25, -0.2) is 8.42 Å². The van der Waals surface area contributed by atoms with Gasteiger partial charge in [-0.2, -0.15) is 4.31 Å². The van der Waals surface area contributed by atoms with Gasteiger partial charge in [0, 0.05) is 26.7 Å². The van der Waals surface area contributed by atoms with Gasteiger partial charge in [0.05, 0.1) is 40.0 Å². The summed E-state index contributed by atoms with van der Waals surface area (Å²) in [5.41, 5.74) is 0.490. The molecule has 0 N–H and O–H groups in total. The number of amides is 1. The Kier molecular flexibility index (Phi) is 9.69. The van der Waals surface area contributed by atoms with Crippen molar-refractivity contribution >= 4 is 21.9 Å². The lowest BCUT2D eigenvalue weighted by Gasteiger charge is -2.27. The second-order valence-corrected chi connectivity index (χ2v) is 8.70. The summed E-state index contributed by atoms with van der Waals surface area (Å²) in [5.74, 6) is -0.660. The Balaban J connectivity index is 2.24. The lowest BCUT2D eigenvalue weighted by Crippen LogP contribution is -2.41. The van der Waals surface area contributed by atoms with Crippen molar-refractivity contribution in [1.29, 1.82) is 0 Å². The minimum Gasteiger partial charge on any atom is -0.495 e. The standard InChI is InChI=1S/C20H30N2O8S/c1-4-30-20(24)15-21(7-10-27-2)19(23)14-16-5-6-17(28-3)18(13-16)31(25,26)22-8-11-29-12-9-22/h5-6,13H,4,7-12,14-15H2,1-3H3. The normalized spacial score (nSPS) is 14.8. The largest absolute Gasteiger partial charge is 0.495 e. The fourth-order valence-electron chi connectivity index (χ4n) is 3.10. The predicted molar refractivity (Wildman–Crippen MR) is 111 cm³/mol. The number of morpholine rings is 1. The average molecular weight is 459 g/mol. The van der Waals surface area contributed by atoms with Crippen LogP contribution in [-0.4, -0.2) is 96.3 Å². The Bertz CT molecular complexity index is 853. The van der Waals surface area contributed by atoms with E-state index in [0.717, 1.165) is 0 Å². The molecule has 1 heterocycles.